The normalized spacial score (nSPS) is 18.6. The number of pyridine rings is 1. The molecule has 2 aliphatic heterocycles. The maximum Gasteiger partial charge on any atom is 0.414 e. The second-order valence-electron chi connectivity index (χ2n) is 8.62. The number of carbonyl (C=O) groups excluding carboxylic acids is 2. The molecule has 2 amide bonds. The third-order valence-corrected chi connectivity index (χ3v) is 6.36. The van der Waals surface area contributed by atoms with Crippen molar-refractivity contribution in [1.29, 1.82) is 0 Å². The Bertz CT molecular complexity index is 1020. The Morgan fingerprint density at radius 2 is 1.79 bits per heavy atom. The number of hydrogen-bond donors (Lipinski definition) is 0. The van der Waals surface area contributed by atoms with Crippen LogP contribution in [0.2, 0.25) is 0 Å². The molecule has 0 N–H and O–H groups in total. The summed E-state index contributed by atoms with van der Waals surface area (Å²) in [6.45, 7) is 12.2. The first-order chi connectivity index (χ1) is 15.9. The highest BCUT2D eigenvalue weighted by molar-refractivity contribution is 5.96. The zero-order valence-electron chi connectivity index (χ0n) is 19.8. The molecule has 1 atom stereocenters. The molecule has 1 aromatic carbocycles. The number of anilines is 2. The van der Waals surface area contributed by atoms with E-state index in [1.54, 1.807) is 29.2 Å². The molecular formula is C25H32N4O4. The Kier molecular flexibility index (Phi) is 6.83. The average molecular weight is 453 g/mol. The number of carbonyl (C=O) groups is 2. The smallest absolute Gasteiger partial charge is 0.414 e. The third kappa shape index (κ3) is 4.80. The molecule has 176 valence electrons. The van der Waals surface area contributed by atoms with Crippen molar-refractivity contribution in [2.45, 2.75) is 33.7 Å². The van der Waals surface area contributed by atoms with E-state index in [4.69, 9.17) is 14.5 Å². The highest BCUT2D eigenvalue weighted by atomic mass is 16.6. The van der Waals surface area contributed by atoms with Crippen LogP contribution in [0.3, 0.4) is 0 Å². The van der Waals surface area contributed by atoms with Crippen molar-refractivity contribution in [3.63, 3.8) is 0 Å². The Morgan fingerprint density at radius 1 is 1.09 bits per heavy atom. The van der Waals surface area contributed by atoms with Crippen LogP contribution in [-0.4, -0.2) is 73.9 Å². The van der Waals surface area contributed by atoms with E-state index < -0.39 is 0 Å². The van der Waals surface area contributed by atoms with E-state index in [9.17, 15) is 9.59 Å². The van der Waals surface area contributed by atoms with E-state index in [2.05, 4.69) is 24.8 Å². The van der Waals surface area contributed by atoms with Crippen LogP contribution in [0.25, 0.3) is 0 Å². The number of hydrogen-bond acceptors (Lipinski definition) is 6. The first-order valence-electron chi connectivity index (χ1n) is 11.5. The zero-order chi connectivity index (χ0) is 23.5. The molecule has 0 saturated carbocycles. The van der Waals surface area contributed by atoms with Gasteiger partial charge in [0.05, 0.1) is 12.6 Å². The quantitative estimate of drug-likeness (QED) is 0.669. The van der Waals surface area contributed by atoms with Crippen molar-refractivity contribution >= 4 is 23.5 Å². The molecule has 33 heavy (non-hydrogen) atoms. The van der Waals surface area contributed by atoms with Gasteiger partial charge >= 0.3 is 6.09 Å². The number of aryl methyl sites for hydroxylation is 3. The summed E-state index contributed by atoms with van der Waals surface area (Å²) in [5.74, 6) is 1.01. The van der Waals surface area contributed by atoms with Crippen molar-refractivity contribution in [3.8, 4) is 0 Å². The molecule has 2 saturated heterocycles. The molecule has 1 aromatic heterocycles. The molecule has 2 aromatic rings. The number of aromatic nitrogens is 1. The molecule has 8 nitrogen and oxygen atoms in total. The van der Waals surface area contributed by atoms with Gasteiger partial charge < -0.3 is 19.3 Å². The van der Waals surface area contributed by atoms with Crippen LogP contribution >= 0.6 is 0 Å². The minimum atomic E-state index is -0.384. The lowest BCUT2D eigenvalue weighted by molar-refractivity contribution is 0.0746. The molecule has 4 rings (SSSR count). The van der Waals surface area contributed by atoms with Crippen LogP contribution in [0, 0.1) is 20.8 Å². The van der Waals surface area contributed by atoms with Crippen LogP contribution in [0.1, 0.15) is 34.1 Å². The van der Waals surface area contributed by atoms with Crippen LogP contribution in [-0.2, 0) is 9.47 Å². The lowest BCUT2D eigenvalue weighted by atomic mass is 10.1. The fourth-order valence-corrected chi connectivity index (χ4v) is 4.37. The summed E-state index contributed by atoms with van der Waals surface area (Å²) in [6.07, 6.45) is -0.384. The van der Waals surface area contributed by atoms with Crippen molar-refractivity contribution < 1.29 is 19.1 Å². The van der Waals surface area contributed by atoms with Crippen LogP contribution in [0.5, 0.6) is 0 Å². The lowest BCUT2D eigenvalue weighted by Gasteiger charge is -2.36. The van der Waals surface area contributed by atoms with Crippen molar-refractivity contribution in [1.82, 2.24) is 9.88 Å². The molecule has 0 radical (unpaired) electrons. The number of rotatable bonds is 6. The lowest BCUT2D eigenvalue weighted by Crippen LogP contribution is -2.49. The number of amides is 2. The van der Waals surface area contributed by atoms with E-state index in [-0.39, 0.29) is 18.0 Å². The first kappa shape index (κ1) is 23.0. The van der Waals surface area contributed by atoms with Crippen LogP contribution < -0.4 is 9.80 Å². The Balaban J connectivity index is 1.39. The topological polar surface area (TPSA) is 75.2 Å². The molecule has 3 heterocycles. The Labute approximate surface area is 195 Å². The average Bonchev–Trinajstić information content (AvgIpc) is 3.20. The number of nitrogens with zero attached hydrogens (tertiary/aromatic N) is 4. The van der Waals surface area contributed by atoms with Gasteiger partial charge in [-0.2, -0.15) is 0 Å². The fourth-order valence-electron chi connectivity index (χ4n) is 4.37. The highest BCUT2D eigenvalue weighted by Crippen LogP contribution is 2.25. The van der Waals surface area contributed by atoms with Gasteiger partial charge in [-0.3, -0.25) is 9.69 Å². The SMILES string of the molecule is CCOCC1COC(=O)N1c1ccc(C(=O)N2CCN(c3nc(C)c(C)cc3C)CC2)cc1. The summed E-state index contributed by atoms with van der Waals surface area (Å²) >= 11 is 0. The summed E-state index contributed by atoms with van der Waals surface area (Å²) in [5, 5.41) is 0. The predicted molar refractivity (Wildman–Crippen MR) is 127 cm³/mol. The molecule has 0 bridgehead atoms. The summed E-state index contributed by atoms with van der Waals surface area (Å²) in [4.78, 5) is 35.8. The molecule has 0 aliphatic carbocycles. The van der Waals surface area contributed by atoms with E-state index in [0.29, 0.717) is 44.2 Å². The zero-order valence-corrected chi connectivity index (χ0v) is 19.8. The van der Waals surface area contributed by atoms with Gasteiger partial charge in [-0.15, -0.1) is 0 Å². The van der Waals surface area contributed by atoms with Crippen LogP contribution in [0.15, 0.2) is 30.3 Å². The highest BCUT2D eigenvalue weighted by Gasteiger charge is 2.34. The minimum absolute atomic E-state index is 0.000771. The third-order valence-electron chi connectivity index (χ3n) is 6.36. The predicted octanol–water partition coefficient (Wildman–Crippen LogP) is 3.33. The van der Waals surface area contributed by atoms with E-state index >= 15 is 0 Å². The summed E-state index contributed by atoms with van der Waals surface area (Å²) in [5.41, 5.74) is 4.72. The number of piperazine rings is 1. The number of ether oxygens (including phenoxy) is 2. The van der Waals surface area contributed by atoms with E-state index in [0.717, 1.165) is 30.2 Å². The summed E-state index contributed by atoms with van der Waals surface area (Å²) in [7, 11) is 0. The summed E-state index contributed by atoms with van der Waals surface area (Å²) in [6, 6.07) is 9.18. The van der Waals surface area contributed by atoms with Gasteiger partial charge in [-0.1, -0.05) is 6.07 Å². The van der Waals surface area contributed by atoms with Crippen molar-refractivity contribution in [3.05, 3.63) is 52.7 Å². The van der Waals surface area contributed by atoms with Crippen molar-refractivity contribution in [2.24, 2.45) is 0 Å². The van der Waals surface area contributed by atoms with E-state index in [1.165, 1.54) is 5.56 Å². The van der Waals surface area contributed by atoms with Gasteiger partial charge in [-0.25, -0.2) is 9.78 Å². The van der Waals surface area contributed by atoms with Crippen LogP contribution in [0.4, 0.5) is 16.3 Å². The Hall–Kier alpha value is -3.13. The Morgan fingerprint density at radius 3 is 2.45 bits per heavy atom. The minimum Gasteiger partial charge on any atom is -0.447 e. The second kappa shape index (κ2) is 9.79. The van der Waals surface area contributed by atoms with Gasteiger partial charge in [0.15, 0.2) is 0 Å². The largest absolute Gasteiger partial charge is 0.447 e. The number of cyclic esters (lactones) is 1. The van der Waals surface area contributed by atoms with Gasteiger partial charge in [0.2, 0.25) is 0 Å². The standard InChI is InChI=1S/C25H32N4O4/c1-5-32-15-22-16-33-25(31)29(22)21-8-6-20(7-9-21)24(30)28-12-10-27(11-13-28)23-18(3)14-17(2)19(4)26-23/h6-9,14,22H,5,10-13,15-16H2,1-4H3. The van der Waals surface area contributed by atoms with Gasteiger partial charge in [-0.05, 0) is 63.1 Å². The second-order valence-corrected chi connectivity index (χ2v) is 8.62. The summed E-state index contributed by atoms with van der Waals surface area (Å²) < 4.78 is 10.7. The molecular weight excluding hydrogens is 420 g/mol. The molecule has 0 spiro atoms. The molecule has 8 heteroatoms. The maximum absolute atomic E-state index is 13.1. The van der Waals surface area contributed by atoms with Gasteiger partial charge in [0.25, 0.3) is 5.91 Å². The number of benzene rings is 1. The molecule has 2 aliphatic rings. The molecule has 2 fully saturated rings. The van der Waals surface area contributed by atoms with Crippen molar-refractivity contribution in [2.75, 3.05) is 55.8 Å². The first-order valence-corrected chi connectivity index (χ1v) is 11.5. The van der Waals surface area contributed by atoms with Gasteiger partial charge in [0.1, 0.15) is 12.4 Å². The maximum atomic E-state index is 13.1. The monoisotopic (exact) mass is 452 g/mol. The fraction of sp³-hybridized carbons (Fsp3) is 0.480. The van der Waals surface area contributed by atoms with E-state index in [1.807, 2.05) is 18.7 Å². The molecule has 1 unspecified atom stereocenters. The van der Waals surface area contributed by atoms with Gasteiger partial charge in [0, 0.05) is 49.7 Å².